The predicted octanol–water partition coefficient (Wildman–Crippen LogP) is 3.44. The molecule has 0 bridgehead atoms. The van der Waals surface area contributed by atoms with Crippen LogP contribution in [0.3, 0.4) is 0 Å². The Balaban J connectivity index is 2.61. The number of carbonyl (C=O) groups is 1. The first-order valence-electron chi connectivity index (χ1n) is 6.22. The fraction of sp³-hybridized carbons (Fsp3) is 0.462. The van der Waals surface area contributed by atoms with Crippen LogP contribution in [-0.2, 0) is 12.7 Å². The summed E-state index contributed by atoms with van der Waals surface area (Å²) in [5.41, 5.74) is -1.15. The predicted molar refractivity (Wildman–Crippen MR) is 66.5 cm³/mol. The van der Waals surface area contributed by atoms with Gasteiger partial charge in [-0.15, -0.1) is 0 Å². The largest absolute Gasteiger partial charge is 0.416 e. The molecule has 20 heavy (non-hydrogen) atoms. The van der Waals surface area contributed by atoms with E-state index in [1.165, 1.54) is 0 Å². The van der Waals surface area contributed by atoms with E-state index in [0.717, 1.165) is 18.9 Å². The molecule has 0 saturated heterocycles. The number of carbonyl (C=O) groups excluding carboxylic acids is 1. The maximum absolute atomic E-state index is 13.4. The lowest BCUT2D eigenvalue weighted by Crippen LogP contribution is -2.35. The maximum Gasteiger partial charge on any atom is 0.416 e. The molecule has 1 rings (SSSR count). The molecule has 3 nitrogen and oxygen atoms in total. The Hall–Kier alpha value is -1.79. The molecule has 2 N–H and O–H groups in total. The molecule has 0 radical (unpaired) electrons. The standard InChI is InChI=1S/C13H16F4N2O/c1-2-3-6-18-12(20)19-8-9-7-10(13(15,16)17)4-5-11(9)14/h4-5,7H,2-3,6,8H2,1H3,(H2,18,19,20). The van der Waals surface area contributed by atoms with E-state index in [9.17, 15) is 22.4 Å². The van der Waals surface area contributed by atoms with Gasteiger partial charge in [-0.25, -0.2) is 9.18 Å². The highest BCUT2D eigenvalue weighted by Crippen LogP contribution is 2.30. The van der Waals surface area contributed by atoms with Gasteiger partial charge in [0.25, 0.3) is 0 Å². The van der Waals surface area contributed by atoms with Crippen LogP contribution < -0.4 is 10.6 Å². The van der Waals surface area contributed by atoms with Gasteiger partial charge in [0.2, 0.25) is 0 Å². The van der Waals surface area contributed by atoms with Gasteiger partial charge in [0.1, 0.15) is 5.82 Å². The number of amides is 2. The van der Waals surface area contributed by atoms with Crippen molar-refractivity contribution in [2.75, 3.05) is 6.54 Å². The topological polar surface area (TPSA) is 41.1 Å². The molecule has 0 unspecified atom stereocenters. The van der Waals surface area contributed by atoms with Crippen molar-refractivity contribution in [2.45, 2.75) is 32.5 Å². The van der Waals surface area contributed by atoms with Crippen molar-refractivity contribution >= 4 is 6.03 Å². The van der Waals surface area contributed by atoms with E-state index in [4.69, 9.17) is 0 Å². The number of alkyl halides is 3. The normalized spacial score (nSPS) is 11.2. The van der Waals surface area contributed by atoms with Crippen molar-refractivity contribution in [1.29, 1.82) is 0 Å². The number of hydrogen-bond acceptors (Lipinski definition) is 1. The highest BCUT2D eigenvalue weighted by Gasteiger charge is 2.31. The molecule has 1 aromatic rings. The van der Waals surface area contributed by atoms with E-state index in [1.54, 1.807) is 0 Å². The fourth-order valence-corrected chi connectivity index (χ4v) is 1.50. The van der Waals surface area contributed by atoms with Crippen molar-refractivity contribution < 1.29 is 22.4 Å². The van der Waals surface area contributed by atoms with Gasteiger partial charge in [0.15, 0.2) is 0 Å². The number of rotatable bonds is 5. The minimum atomic E-state index is -4.54. The van der Waals surface area contributed by atoms with E-state index in [1.807, 2.05) is 6.92 Å². The molecule has 1 aromatic carbocycles. The van der Waals surface area contributed by atoms with Gasteiger partial charge in [-0.05, 0) is 24.6 Å². The Labute approximate surface area is 114 Å². The highest BCUT2D eigenvalue weighted by molar-refractivity contribution is 5.73. The molecule has 0 saturated carbocycles. The van der Waals surface area contributed by atoms with E-state index in [-0.39, 0.29) is 12.1 Å². The van der Waals surface area contributed by atoms with Gasteiger partial charge in [-0.2, -0.15) is 13.2 Å². The van der Waals surface area contributed by atoms with Crippen LogP contribution in [0.4, 0.5) is 22.4 Å². The second-order valence-corrected chi connectivity index (χ2v) is 4.27. The van der Waals surface area contributed by atoms with Crippen LogP contribution in [-0.4, -0.2) is 12.6 Å². The molecule has 112 valence electrons. The summed E-state index contributed by atoms with van der Waals surface area (Å²) >= 11 is 0. The Morgan fingerprint density at radius 3 is 2.55 bits per heavy atom. The molecule has 0 aliphatic carbocycles. The van der Waals surface area contributed by atoms with Crippen molar-refractivity contribution in [3.05, 3.63) is 35.1 Å². The van der Waals surface area contributed by atoms with E-state index >= 15 is 0 Å². The third kappa shape index (κ3) is 5.07. The van der Waals surface area contributed by atoms with Crippen LogP contribution in [0.15, 0.2) is 18.2 Å². The summed E-state index contributed by atoms with van der Waals surface area (Å²) in [7, 11) is 0. The second-order valence-electron chi connectivity index (χ2n) is 4.27. The number of benzene rings is 1. The molecule has 0 atom stereocenters. The molecular weight excluding hydrogens is 276 g/mol. The summed E-state index contributed by atoms with van der Waals surface area (Å²) < 4.78 is 50.8. The van der Waals surface area contributed by atoms with Gasteiger partial charge >= 0.3 is 12.2 Å². The zero-order valence-electron chi connectivity index (χ0n) is 11.0. The molecule has 0 heterocycles. The van der Waals surface area contributed by atoms with Crippen LogP contribution >= 0.6 is 0 Å². The molecule has 7 heteroatoms. The molecule has 0 aromatic heterocycles. The zero-order valence-corrected chi connectivity index (χ0v) is 11.0. The second kappa shape index (κ2) is 7.12. The summed E-state index contributed by atoms with van der Waals surface area (Å²) in [6, 6.07) is 1.58. The van der Waals surface area contributed by atoms with Crippen LogP contribution in [0.5, 0.6) is 0 Å². The number of nitrogens with one attached hydrogen (secondary N) is 2. The van der Waals surface area contributed by atoms with Crippen molar-refractivity contribution in [3.8, 4) is 0 Å². The first kappa shape index (κ1) is 16.3. The fourth-order valence-electron chi connectivity index (χ4n) is 1.50. The smallest absolute Gasteiger partial charge is 0.338 e. The first-order valence-corrected chi connectivity index (χ1v) is 6.22. The van der Waals surface area contributed by atoms with Crippen LogP contribution in [0.2, 0.25) is 0 Å². The van der Waals surface area contributed by atoms with Crippen molar-refractivity contribution in [1.82, 2.24) is 10.6 Å². The lowest BCUT2D eigenvalue weighted by Gasteiger charge is -2.11. The van der Waals surface area contributed by atoms with Gasteiger partial charge in [-0.1, -0.05) is 13.3 Å². The minimum absolute atomic E-state index is 0.203. The average Bonchev–Trinajstić information content (AvgIpc) is 2.36. The molecule has 0 aliphatic heterocycles. The molecule has 2 amide bonds. The zero-order chi connectivity index (χ0) is 15.2. The highest BCUT2D eigenvalue weighted by atomic mass is 19.4. The van der Waals surface area contributed by atoms with Crippen LogP contribution in [0, 0.1) is 5.82 Å². The minimum Gasteiger partial charge on any atom is -0.338 e. The Morgan fingerprint density at radius 1 is 1.25 bits per heavy atom. The third-order valence-electron chi connectivity index (χ3n) is 2.63. The Morgan fingerprint density at radius 2 is 1.95 bits per heavy atom. The van der Waals surface area contributed by atoms with E-state index in [2.05, 4.69) is 10.6 Å². The summed E-state index contributed by atoms with van der Waals surface area (Å²) in [6.07, 6.45) is -2.83. The van der Waals surface area contributed by atoms with E-state index in [0.29, 0.717) is 18.7 Å². The van der Waals surface area contributed by atoms with Crippen LogP contribution in [0.1, 0.15) is 30.9 Å². The van der Waals surface area contributed by atoms with E-state index < -0.39 is 23.6 Å². The average molecular weight is 292 g/mol. The lowest BCUT2D eigenvalue weighted by atomic mass is 10.1. The maximum atomic E-state index is 13.4. The number of hydrogen-bond donors (Lipinski definition) is 2. The SMILES string of the molecule is CCCCNC(=O)NCc1cc(C(F)(F)F)ccc1F. The molecular formula is C13H16F4N2O. The van der Waals surface area contributed by atoms with Crippen molar-refractivity contribution in [2.24, 2.45) is 0 Å². The molecule has 0 fully saturated rings. The lowest BCUT2D eigenvalue weighted by molar-refractivity contribution is -0.137. The monoisotopic (exact) mass is 292 g/mol. The van der Waals surface area contributed by atoms with Gasteiger partial charge in [-0.3, -0.25) is 0 Å². The Kier molecular flexibility index (Phi) is 5.79. The number of halogens is 4. The molecule has 0 spiro atoms. The summed E-state index contributed by atoms with van der Waals surface area (Å²) in [5.74, 6) is -0.785. The van der Waals surface area contributed by atoms with Crippen LogP contribution in [0.25, 0.3) is 0 Å². The van der Waals surface area contributed by atoms with Crippen molar-refractivity contribution in [3.63, 3.8) is 0 Å². The third-order valence-corrected chi connectivity index (χ3v) is 2.63. The molecule has 0 aliphatic rings. The summed E-state index contributed by atoms with van der Waals surface area (Å²) in [6.45, 7) is 2.12. The summed E-state index contributed by atoms with van der Waals surface area (Å²) in [5, 5.41) is 4.84. The quantitative estimate of drug-likeness (QED) is 0.633. The summed E-state index contributed by atoms with van der Waals surface area (Å²) in [4.78, 5) is 11.3. The first-order chi connectivity index (χ1) is 9.34. The van der Waals surface area contributed by atoms with Gasteiger partial charge in [0, 0.05) is 18.7 Å². The Bertz CT molecular complexity index is 460. The number of urea groups is 1. The van der Waals surface area contributed by atoms with Gasteiger partial charge in [0.05, 0.1) is 5.56 Å². The number of unbranched alkanes of at least 4 members (excludes halogenated alkanes) is 1. The van der Waals surface area contributed by atoms with Gasteiger partial charge < -0.3 is 10.6 Å².